The monoisotopic (exact) mass is 900 g/mol. The van der Waals surface area contributed by atoms with Crippen LogP contribution in [0.15, 0.2) is 122 Å². The fourth-order valence-electron chi connectivity index (χ4n) is 7.20. The number of nitrogens with one attached hydrogen (secondary N) is 1. The zero-order chi connectivity index (χ0) is 47.4. The molecule has 0 saturated heterocycles. The Morgan fingerprint density at radius 3 is 1.48 bits per heavy atom. The molecular weight excluding hydrogens is 803 g/mol. The molecule has 0 fully saturated rings. The average molecular weight is 900 g/mol. The second-order valence-corrected chi connectivity index (χ2v) is 17.3. The Labute approximate surface area is 400 Å². The number of amides is 1. The van der Waals surface area contributed by atoms with Crippen LogP contribution in [-0.2, 0) is 14.3 Å². The number of allylic oxidation sites excluding steroid dienone is 20. The van der Waals surface area contributed by atoms with Gasteiger partial charge in [-0.2, -0.15) is 0 Å². The highest BCUT2D eigenvalue weighted by molar-refractivity contribution is 5.77. The zero-order valence-corrected chi connectivity index (χ0v) is 41.8. The number of esters is 1. The van der Waals surface area contributed by atoms with Gasteiger partial charge in [-0.15, -0.1) is 0 Å². The molecule has 0 aliphatic carbocycles. The van der Waals surface area contributed by atoms with E-state index in [-0.39, 0.29) is 24.9 Å². The highest BCUT2D eigenvalue weighted by Gasteiger charge is 2.24. The lowest BCUT2D eigenvalue weighted by Gasteiger charge is -2.24. The highest BCUT2D eigenvalue weighted by Crippen LogP contribution is 2.16. The molecule has 3 atom stereocenters. The van der Waals surface area contributed by atoms with E-state index in [1.165, 1.54) is 57.8 Å². The van der Waals surface area contributed by atoms with E-state index in [1.807, 2.05) is 24.3 Å². The molecule has 0 heterocycles. The number of ether oxygens (including phenoxy) is 1. The van der Waals surface area contributed by atoms with Gasteiger partial charge >= 0.3 is 5.97 Å². The van der Waals surface area contributed by atoms with Crippen molar-refractivity contribution in [3.63, 3.8) is 0 Å². The van der Waals surface area contributed by atoms with E-state index >= 15 is 0 Å². The number of aliphatic hydroxyl groups excluding tert-OH is 2. The first-order valence-corrected chi connectivity index (χ1v) is 26.3. The molecule has 0 saturated carbocycles. The molecule has 1 amide bonds. The molecule has 3 N–H and O–H groups in total. The minimum atomic E-state index is -0.815. The van der Waals surface area contributed by atoms with Crippen molar-refractivity contribution >= 4 is 11.9 Å². The van der Waals surface area contributed by atoms with Crippen molar-refractivity contribution in [2.45, 2.75) is 232 Å². The first kappa shape index (κ1) is 61.3. The number of hydrogen-bond donors (Lipinski definition) is 3. The summed E-state index contributed by atoms with van der Waals surface area (Å²) in [6.07, 6.45) is 71.1. The van der Waals surface area contributed by atoms with Crippen molar-refractivity contribution in [1.29, 1.82) is 0 Å². The predicted octanol–water partition coefficient (Wildman–Crippen LogP) is 16.1. The lowest BCUT2D eigenvalue weighted by molar-refractivity contribution is -0.151. The van der Waals surface area contributed by atoms with Crippen LogP contribution in [0.3, 0.4) is 0 Å². The van der Waals surface area contributed by atoms with E-state index in [2.05, 4.69) is 123 Å². The number of rotatable bonds is 45. The summed E-state index contributed by atoms with van der Waals surface area (Å²) >= 11 is 0. The zero-order valence-electron chi connectivity index (χ0n) is 41.8. The summed E-state index contributed by atoms with van der Waals surface area (Å²) in [7, 11) is 0. The van der Waals surface area contributed by atoms with Gasteiger partial charge in [0.25, 0.3) is 0 Å². The quantitative estimate of drug-likeness (QED) is 0.0245. The van der Waals surface area contributed by atoms with Crippen LogP contribution in [0.1, 0.15) is 213 Å². The second kappa shape index (κ2) is 51.2. The van der Waals surface area contributed by atoms with Gasteiger partial charge in [-0.25, -0.2) is 0 Å². The minimum absolute atomic E-state index is 0.0197. The Balaban J connectivity index is 4.78. The Hall–Kier alpha value is -3.74. The topological polar surface area (TPSA) is 95.9 Å². The molecule has 368 valence electrons. The normalized spacial score (nSPS) is 14.2. The van der Waals surface area contributed by atoms with Gasteiger partial charge in [0.15, 0.2) is 0 Å². The molecule has 3 unspecified atom stereocenters. The lowest BCUT2D eigenvalue weighted by Crippen LogP contribution is -2.46. The maximum absolute atomic E-state index is 13.2. The Morgan fingerprint density at radius 1 is 0.477 bits per heavy atom. The predicted molar refractivity (Wildman–Crippen MR) is 282 cm³/mol. The van der Waals surface area contributed by atoms with Crippen LogP contribution in [0.4, 0.5) is 0 Å². The van der Waals surface area contributed by atoms with Crippen LogP contribution in [0.25, 0.3) is 0 Å². The Morgan fingerprint density at radius 2 is 0.938 bits per heavy atom. The molecule has 0 aliphatic rings. The van der Waals surface area contributed by atoms with Gasteiger partial charge in [0.1, 0.15) is 6.10 Å². The van der Waals surface area contributed by atoms with Crippen LogP contribution in [0.2, 0.25) is 0 Å². The summed E-state index contributed by atoms with van der Waals surface area (Å²) in [5.74, 6) is -0.571. The molecule has 0 aliphatic heterocycles. The largest absolute Gasteiger partial charge is 0.462 e. The van der Waals surface area contributed by atoms with Crippen LogP contribution in [0, 0.1) is 0 Å². The van der Waals surface area contributed by atoms with E-state index in [0.717, 1.165) is 109 Å². The smallest absolute Gasteiger partial charge is 0.306 e. The van der Waals surface area contributed by atoms with Crippen LogP contribution >= 0.6 is 0 Å². The summed E-state index contributed by atoms with van der Waals surface area (Å²) in [5.41, 5.74) is 0. The number of hydrogen-bond acceptors (Lipinski definition) is 5. The van der Waals surface area contributed by atoms with Crippen LogP contribution in [-0.4, -0.2) is 46.9 Å². The maximum atomic E-state index is 13.2. The molecule has 0 aromatic carbocycles. The molecule has 65 heavy (non-hydrogen) atoms. The number of carbonyl (C=O) groups is 2. The van der Waals surface area contributed by atoms with E-state index in [0.29, 0.717) is 19.3 Å². The summed E-state index contributed by atoms with van der Waals surface area (Å²) in [6.45, 7) is 6.24. The van der Waals surface area contributed by atoms with E-state index in [9.17, 15) is 19.8 Å². The SMILES string of the molecule is CC/C=C\C/C=C\C/C=C\C/C=C\C/C=C\CCCC(CC(=O)NC(CO)C(O)CCCCCCCCCCCCC)OC(=O)CCCCCCC/C=C/C=C/C=C/C=C/C=C/CCC. The molecule has 0 rings (SSSR count). The summed E-state index contributed by atoms with van der Waals surface area (Å²) in [4.78, 5) is 26.2. The van der Waals surface area contributed by atoms with Gasteiger partial charge < -0.3 is 20.3 Å². The first-order chi connectivity index (χ1) is 32.0. The highest BCUT2D eigenvalue weighted by atomic mass is 16.5. The first-order valence-electron chi connectivity index (χ1n) is 26.3. The molecule has 0 spiro atoms. The standard InChI is InChI=1S/C59H97NO5/c1-4-7-10-13-16-19-22-24-26-28-30-32-34-37-40-43-46-49-52-59(64)65-55(50-47-44-41-38-36-33-31-29-27-25-23-20-17-14-11-8-5-2)53-58(63)60-56(54-61)57(62)51-48-45-42-39-35-21-18-15-12-9-6-3/h8,10-11,13,16-17,19-20,22,24-28,30-33,38,41,55-57,61-62H,4-7,9,12,14-15,18,21,23,29,34-37,39-40,42-54H2,1-3H3,(H,60,63)/b11-8-,13-10+,19-16+,20-17-,24-22+,27-25-,28-26+,32-30+,33-31-,41-38-. The Kier molecular flexibility index (Phi) is 48.3. The van der Waals surface area contributed by atoms with Crippen LogP contribution < -0.4 is 5.32 Å². The second-order valence-electron chi connectivity index (χ2n) is 17.3. The van der Waals surface area contributed by atoms with E-state index < -0.39 is 18.2 Å². The van der Waals surface area contributed by atoms with Crippen molar-refractivity contribution in [3.05, 3.63) is 122 Å². The average Bonchev–Trinajstić information content (AvgIpc) is 3.30. The number of unbranched alkanes of at least 4 members (excludes halogenated alkanes) is 17. The van der Waals surface area contributed by atoms with Crippen molar-refractivity contribution in [1.82, 2.24) is 5.32 Å². The lowest BCUT2D eigenvalue weighted by atomic mass is 10.0. The molecule has 0 radical (unpaired) electrons. The molecule has 0 bridgehead atoms. The van der Waals surface area contributed by atoms with Crippen LogP contribution in [0.5, 0.6) is 0 Å². The van der Waals surface area contributed by atoms with Crippen molar-refractivity contribution in [2.75, 3.05) is 6.61 Å². The summed E-state index contributed by atoms with van der Waals surface area (Å²) in [5, 5.41) is 23.7. The van der Waals surface area contributed by atoms with Gasteiger partial charge in [0.2, 0.25) is 5.91 Å². The van der Waals surface area contributed by atoms with E-state index in [1.54, 1.807) is 0 Å². The van der Waals surface area contributed by atoms with Gasteiger partial charge in [0.05, 0.1) is 25.2 Å². The molecule has 6 heteroatoms. The van der Waals surface area contributed by atoms with Crippen molar-refractivity contribution in [3.8, 4) is 0 Å². The van der Waals surface area contributed by atoms with Gasteiger partial charge in [0, 0.05) is 6.42 Å². The fourth-order valence-corrected chi connectivity index (χ4v) is 7.20. The van der Waals surface area contributed by atoms with Gasteiger partial charge in [-0.3, -0.25) is 9.59 Å². The Bertz CT molecular complexity index is 1380. The number of carbonyl (C=O) groups excluding carboxylic acids is 2. The summed E-state index contributed by atoms with van der Waals surface area (Å²) < 4.78 is 5.90. The molecule has 0 aromatic heterocycles. The molecule has 0 aromatic rings. The minimum Gasteiger partial charge on any atom is -0.462 e. The van der Waals surface area contributed by atoms with E-state index in [4.69, 9.17) is 4.74 Å². The third-order valence-electron chi connectivity index (χ3n) is 11.1. The summed E-state index contributed by atoms with van der Waals surface area (Å²) in [6, 6.07) is -0.734. The number of aliphatic hydroxyl groups is 2. The van der Waals surface area contributed by atoms with Gasteiger partial charge in [-0.1, -0.05) is 239 Å². The fraction of sp³-hybridized carbons (Fsp3) is 0.627. The third-order valence-corrected chi connectivity index (χ3v) is 11.1. The van der Waals surface area contributed by atoms with Crippen molar-refractivity contribution in [2.24, 2.45) is 0 Å². The van der Waals surface area contributed by atoms with Gasteiger partial charge in [-0.05, 0) is 83.5 Å². The maximum Gasteiger partial charge on any atom is 0.306 e. The third kappa shape index (κ3) is 46.6. The molecular formula is C59H97NO5. The van der Waals surface area contributed by atoms with Crippen molar-refractivity contribution < 1.29 is 24.5 Å². The molecule has 6 nitrogen and oxygen atoms in total.